The zero-order valence-electron chi connectivity index (χ0n) is 24.2. The topological polar surface area (TPSA) is 4.93 Å². The Labute approximate surface area is 267 Å². The van der Waals surface area contributed by atoms with Crippen molar-refractivity contribution in [1.82, 2.24) is 4.57 Å². The molecule has 0 radical (unpaired) electrons. The summed E-state index contributed by atoms with van der Waals surface area (Å²) >= 11 is 3.85. The molecule has 0 N–H and O–H groups in total. The highest BCUT2D eigenvalue weighted by Gasteiger charge is 2.20. The highest BCUT2D eigenvalue weighted by molar-refractivity contribution is 7.30. The van der Waals surface area contributed by atoms with E-state index in [9.17, 15) is 0 Å². The second-order valence-electron chi connectivity index (χ2n) is 11.7. The van der Waals surface area contributed by atoms with Crippen LogP contribution >= 0.6 is 22.7 Å². The molecule has 7 aromatic carbocycles. The van der Waals surface area contributed by atoms with Crippen LogP contribution in [0.2, 0.25) is 0 Å². The molecule has 0 amide bonds. The predicted octanol–water partition coefficient (Wildman–Crippen LogP) is 12.9. The maximum atomic E-state index is 2.48. The van der Waals surface area contributed by atoms with E-state index in [-0.39, 0.29) is 0 Å². The summed E-state index contributed by atoms with van der Waals surface area (Å²) in [4.78, 5) is 0. The third-order valence-electron chi connectivity index (χ3n) is 9.17. The van der Waals surface area contributed by atoms with E-state index in [1.54, 1.807) is 0 Å². The Bertz CT molecular complexity index is 2690. The molecule has 10 rings (SSSR count). The van der Waals surface area contributed by atoms with Crippen LogP contribution in [0.4, 0.5) is 0 Å². The van der Waals surface area contributed by atoms with Gasteiger partial charge in [0.1, 0.15) is 0 Å². The highest BCUT2D eigenvalue weighted by atomic mass is 32.1. The fourth-order valence-electron chi connectivity index (χ4n) is 7.17. The van der Waals surface area contributed by atoms with Crippen LogP contribution in [0, 0.1) is 0 Å². The first kappa shape index (κ1) is 25.1. The maximum absolute atomic E-state index is 2.48. The van der Waals surface area contributed by atoms with Gasteiger partial charge in [-0.2, -0.15) is 0 Å². The molecule has 0 aliphatic carbocycles. The zero-order chi connectivity index (χ0) is 29.5. The first-order valence-electron chi connectivity index (χ1n) is 15.3. The number of hydrogen-bond acceptors (Lipinski definition) is 2. The summed E-state index contributed by atoms with van der Waals surface area (Å²) in [5.74, 6) is 0. The average molecular weight is 608 g/mol. The summed E-state index contributed by atoms with van der Waals surface area (Å²) in [6, 6.07) is 55.6. The standard InChI is InChI=1S/C42H25NS2/c1-3-11-26(12-4-1)28-23-29(27-13-5-2-6-14-27)25-30(24-28)43-35-17-9-7-15-33(35)39-36(43)21-19-31-32-20-22-38-40(42(32)45-41(31)39)34-16-8-10-18-37(34)44-38/h1-25H. The van der Waals surface area contributed by atoms with Gasteiger partial charge in [-0.1, -0.05) is 109 Å². The third kappa shape index (κ3) is 3.72. The molecule has 3 heterocycles. The molecular formula is C42H25NS2. The molecule has 0 atom stereocenters. The SMILES string of the molecule is c1ccc(-c2cc(-c3ccccc3)cc(-n3c4ccccc4c4c5sc6c(ccc7sc8ccccc8c76)c5ccc43)c2)cc1. The van der Waals surface area contributed by atoms with Gasteiger partial charge in [0.05, 0.1) is 11.0 Å². The van der Waals surface area contributed by atoms with Crippen LogP contribution in [0.5, 0.6) is 0 Å². The van der Waals surface area contributed by atoms with Gasteiger partial charge in [-0.25, -0.2) is 0 Å². The Morgan fingerprint density at radius 2 is 0.956 bits per heavy atom. The van der Waals surface area contributed by atoms with E-state index in [0.717, 1.165) is 0 Å². The molecule has 0 fully saturated rings. The first-order chi connectivity index (χ1) is 22.3. The van der Waals surface area contributed by atoms with E-state index in [2.05, 4.69) is 156 Å². The van der Waals surface area contributed by atoms with Crippen molar-refractivity contribution in [2.45, 2.75) is 0 Å². The fourth-order valence-corrected chi connectivity index (χ4v) is 9.76. The molecule has 0 aliphatic rings. The van der Waals surface area contributed by atoms with Crippen molar-refractivity contribution in [1.29, 1.82) is 0 Å². The monoisotopic (exact) mass is 607 g/mol. The number of nitrogens with zero attached hydrogens (tertiary/aromatic N) is 1. The summed E-state index contributed by atoms with van der Waals surface area (Å²) in [6.45, 7) is 0. The Morgan fingerprint density at radius 3 is 1.69 bits per heavy atom. The van der Waals surface area contributed by atoms with Crippen molar-refractivity contribution in [3.05, 3.63) is 152 Å². The molecule has 0 bridgehead atoms. The molecule has 0 saturated carbocycles. The number of aromatic nitrogens is 1. The Morgan fingerprint density at radius 1 is 0.356 bits per heavy atom. The lowest BCUT2D eigenvalue weighted by Gasteiger charge is -2.14. The van der Waals surface area contributed by atoms with E-state index >= 15 is 0 Å². The zero-order valence-corrected chi connectivity index (χ0v) is 25.8. The lowest BCUT2D eigenvalue weighted by atomic mass is 9.98. The van der Waals surface area contributed by atoms with Crippen molar-refractivity contribution >= 4 is 84.8 Å². The molecule has 3 heteroatoms. The molecule has 3 aromatic heterocycles. The number of hydrogen-bond donors (Lipinski definition) is 0. The van der Waals surface area contributed by atoms with E-state index in [0.29, 0.717) is 0 Å². The molecule has 0 saturated heterocycles. The quantitative estimate of drug-likeness (QED) is 0.188. The van der Waals surface area contributed by atoms with Crippen molar-refractivity contribution in [3.63, 3.8) is 0 Å². The summed E-state index contributed by atoms with van der Waals surface area (Å²) in [7, 11) is 0. The molecule has 0 aliphatic heterocycles. The van der Waals surface area contributed by atoms with Crippen molar-refractivity contribution in [3.8, 4) is 27.9 Å². The first-order valence-corrected chi connectivity index (χ1v) is 16.9. The molecule has 210 valence electrons. The molecule has 1 nitrogen and oxygen atoms in total. The summed E-state index contributed by atoms with van der Waals surface area (Å²) in [6.07, 6.45) is 0. The second kappa shape index (κ2) is 9.64. The third-order valence-corrected chi connectivity index (χ3v) is 11.6. The van der Waals surface area contributed by atoms with Gasteiger partial charge >= 0.3 is 0 Å². The van der Waals surface area contributed by atoms with Gasteiger partial charge in [0, 0.05) is 56.8 Å². The lowest BCUT2D eigenvalue weighted by Crippen LogP contribution is -1.96. The summed E-state index contributed by atoms with van der Waals surface area (Å²) in [5, 5.41) is 8.08. The van der Waals surface area contributed by atoms with E-state index in [1.807, 2.05) is 22.7 Å². The largest absolute Gasteiger partial charge is 0.309 e. The lowest BCUT2D eigenvalue weighted by molar-refractivity contribution is 1.18. The van der Waals surface area contributed by atoms with Crippen LogP contribution in [-0.4, -0.2) is 4.57 Å². The number of thiophene rings is 2. The van der Waals surface area contributed by atoms with Gasteiger partial charge in [0.15, 0.2) is 0 Å². The van der Waals surface area contributed by atoms with Crippen molar-refractivity contribution in [2.24, 2.45) is 0 Å². The minimum absolute atomic E-state index is 1.17. The van der Waals surface area contributed by atoms with Gasteiger partial charge in [0.2, 0.25) is 0 Å². The van der Waals surface area contributed by atoms with Crippen LogP contribution in [0.3, 0.4) is 0 Å². The van der Waals surface area contributed by atoms with Crippen LogP contribution in [0.15, 0.2) is 152 Å². The van der Waals surface area contributed by atoms with Crippen LogP contribution < -0.4 is 0 Å². The Balaban J connectivity index is 1.31. The van der Waals surface area contributed by atoms with Crippen LogP contribution in [0.25, 0.3) is 90.1 Å². The van der Waals surface area contributed by atoms with Gasteiger partial charge < -0.3 is 4.57 Å². The van der Waals surface area contributed by atoms with Crippen LogP contribution in [0.1, 0.15) is 0 Å². The number of para-hydroxylation sites is 1. The molecular weight excluding hydrogens is 583 g/mol. The highest BCUT2D eigenvalue weighted by Crippen LogP contribution is 2.48. The van der Waals surface area contributed by atoms with E-state index in [1.165, 1.54) is 90.1 Å². The molecule has 45 heavy (non-hydrogen) atoms. The van der Waals surface area contributed by atoms with E-state index < -0.39 is 0 Å². The number of benzene rings is 7. The minimum atomic E-state index is 1.17. The number of rotatable bonds is 3. The normalized spacial score (nSPS) is 12.0. The van der Waals surface area contributed by atoms with Gasteiger partial charge in [-0.05, 0) is 64.7 Å². The Kier molecular flexibility index (Phi) is 5.39. The van der Waals surface area contributed by atoms with Gasteiger partial charge in [-0.3, -0.25) is 0 Å². The molecule has 10 aromatic rings. The number of fused-ring (bicyclic) bond motifs is 11. The van der Waals surface area contributed by atoms with Crippen LogP contribution in [-0.2, 0) is 0 Å². The average Bonchev–Trinajstić information content (AvgIpc) is 3.78. The minimum Gasteiger partial charge on any atom is -0.309 e. The summed E-state index contributed by atoms with van der Waals surface area (Å²) < 4.78 is 7.94. The van der Waals surface area contributed by atoms with Crippen molar-refractivity contribution in [2.75, 3.05) is 0 Å². The summed E-state index contributed by atoms with van der Waals surface area (Å²) in [5.41, 5.74) is 8.51. The van der Waals surface area contributed by atoms with E-state index in [4.69, 9.17) is 0 Å². The van der Waals surface area contributed by atoms with Crippen molar-refractivity contribution < 1.29 is 0 Å². The Hall–Kier alpha value is -5.22. The van der Waals surface area contributed by atoms with Gasteiger partial charge in [0.25, 0.3) is 0 Å². The molecule has 0 spiro atoms. The smallest absolute Gasteiger partial charge is 0.0555 e. The molecule has 0 unspecified atom stereocenters. The predicted molar refractivity (Wildman–Crippen MR) is 197 cm³/mol. The fraction of sp³-hybridized carbons (Fsp3) is 0. The maximum Gasteiger partial charge on any atom is 0.0555 e. The second-order valence-corrected chi connectivity index (χ2v) is 13.8. The van der Waals surface area contributed by atoms with Gasteiger partial charge in [-0.15, -0.1) is 22.7 Å².